The van der Waals surface area contributed by atoms with Crippen LogP contribution in [0.5, 0.6) is 5.75 Å². The number of carbonyl (C=O) groups is 1. The number of aromatic amines is 1. The van der Waals surface area contributed by atoms with E-state index in [9.17, 15) is 9.18 Å². The lowest BCUT2D eigenvalue weighted by Gasteiger charge is -2.15. The fourth-order valence-electron chi connectivity index (χ4n) is 1.80. The van der Waals surface area contributed by atoms with Crippen LogP contribution in [0.25, 0.3) is 0 Å². The Morgan fingerprint density at radius 1 is 1.57 bits per heavy atom. The van der Waals surface area contributed by atoms with Gasteiger partial charge in [-0.05, 0) is 24.6 Å². The number of aromatic nitrogens is 2. The number of hydrogen-bond acceptors (Lipinski definition) is 3. The fraction of sp³-hybridized carbons (Fsp3) is 0.286. The molecule has 5 nitrogen and oxygen atoms in total. The summed E-state index contributed by atoms with van der Waals surface area (Å²) in [6.07, 6.45) is 4.00. The van der Waals surface area contributed by atoms with Gasteiger partial charge in [-0.1, -0.05) is 22.9 Å². The van der Waals surface area contributed by atoms with Gasteiger partial charge < -0.3 is 15.0 Å². The summed E-state index contributed by atoms with van der Waals surface area (Å²) in [6.45, 7) is 1.68. The summed E-state index contributed by atoms with van der Waals surface area (Å²) in [5, 5.41) is 2.78. The van der Waals surface area contributed by atoms with Crippen LogP contribution < -0.4 is 10.1 Å². The van der Waals surface area contributed by atoms with Gasteiger partial charge in [0, 0.05) is 16.9 Å². The summed E-state index contributed by atoms with van der Waals surface area (Å²) >= 11 is 3.16. The summed E-state index contributed by atoms with van der Waals surface area (Å²) in [7, 11) is 0. The van der Waals surface area contributed by atoms with Crippen molar-refractivity contribution in [1.29, 1.82) is 0 Å². The van der Waals surface area contributed by atoms with Gasteiger partial charge in [0.15, 0.2) is 18.2 Å². The first-order chi connectivity index (χ1) is 10.1. The molecule has 0 spiro atoms. The van der Waals surface area contributed by atoms with Crippen molar-refractivity contribution in [2.24, 2.45) is 0 Å². The second-order valence-electron chi connectivity index (χ2n) is 4.37. The summed E-state index contributed by atoms with van der Waals surface area (Å²) in [4.78, 5) is 18.9. The standard InChI is InChI=1S/C14H15BrFN3O2/c1-2-11(14-17-5-6-18-14)19-13(20)8-21-12-4-3-9(15)7-10(12)16/h3-7,11H,2,8H2,1H3,(H,17,18)(H,19,20). The molecular formula is C14H15BrFN3O2. The molecule has 2 N–H and O–H groups in total. The molecule has 0 saturated carbocycles. The van der Waals surface area contributed by atoms with Gasteiger partial charge in [0.25, 0.3) is 5.91 Å². The highest BCUT2D eigenvalue weighted by Crippen LogP contribution is 2.21. The number of amides is 1. The number of benzene rings is 1. The monoisotopic (exact) mass is 355 g/mol. The molecule has 0 aliphatic heterocycles. The molecule has 1 unspecified atom stereocenters. The smallest absolute Gasteiger partial charge is 0.258 e. The molecule has 112 valence electrons. The van der Waals surface area contributed by atoms with E-state index in [1.807, 2.05) is 6.92 Å². The minimum Gasteiger partial charge on any atom is -0.481 e. The number of halogens is 2. The van der Waals surface area contributed by atoms with Gasteiger partial charge in [-0.25, -0.2) is 9.37 Å². The predicted octanol–water partition coefficient (Wildman–Crippen LogP) is 2.96. The largest absolute Gasteiger partial charge is 0.481 e. The molecule has 0 bridgehead atoms. The van der Waals surface area contributed by atoms with E-state index in [4.69, 9.17) is 4.74 Å². The molecule has 7 heteroatoms. The minimum absolute atomic E-state index is 0.0411. The van der Waals surface area contributed by atoms with Crippen molar-refractivity contribution in [3.8, 4) is 5.75 Å². The molecule has 21 heavy (non-hydrogen) atoms. The lowest BCUT2D eigenvalue weighted by atomic mass is 10.2. The summed E-state index contributed by atoms with van der Waals surface area (Å²) in [5.41, 5.74) is 0. The SMILES string of the molecule is CCC(NC(=O)COc1ccc(Br)cc1F)c1ncc[nH]1. The van der Waals surface area contributed by atoms with Crippen LogP contribution in [0.2, 0.25) is 0 Å². The maximum atomic E-state index is 13.6. The molecule has 0 fully saturated rings. The quantitative estimate of drug-likeness (QED) is 0.836. The minimum atomic E-state index is -0.518. The molecular weight excluding hydrogens is 341 g/mol. The molecule has 1 heterocycles. The number of nitrogens with zero attached hydrogens (tertiary/aromatic N) is 1. The molecule has 1 amide bonds. The van der Waals surface area contributed by atoms with Crippen LogP contribution in [-0.4, -0.2) is 22.5 Å². The maximum Gasteiger partial charge on any atom is 0.258 e. The fourth-order valence-corrected chi connectivity index (χ4v) is 2.14. The van der Waals surface area contributed by atoms with Gasteiger partial charge in [-0.3, -0.25) is 4.79 Å². The Kier molecular flexibility index (Phi) is 5.32. The first-order valence-electron chi connectivity index (χ1n) is 6.46. The third-order valence-electron chi connectivity index (χ3n) is 2.85. The van der Waals surface area contributed by atoms with Gasteiger partial charge in [-0.15, -0.1) is 0 Å². The lowest BCUT2D eigenvalue weighted by Crippen LogP contribution is -2.33. The first kappa shape index (κ1) is 15.5. The highest BCUT2D eigenvalue weighted by molar-refractivity contribution is 9.10. The molecule has 0 radical (unpaired) electrons. The van der Waals surface area contributed by atoms with E-state index in [-0.39, 0.29) is 24.3 Å². The number of H-pyrrole nitrogens is 1. The van der Waals surface area contributed by atoms with Crippen molar-refractivity contribution < 1.29 is 13.9 Å². The van der Waals surface area contributed by atoms with Crippen LogP contribution in [0.3, 0.4) is 0 Å². The van der Waals surface area contributed by atoms with Crippen molar-refractivity contribution in [2.45, 2.75) is 19.4 Å². The predicted molar refractivity (Wildman–Crippen MR) is 79.4 cm³/mol. The molecule has 0 aliphatic rings. The van der Waals surface area contributed by atoms with Crippen molar-refractivity contribution in [1.82, 2.24) is 15.3 Å². The Morgan fingerprint density at radius 3 is 3.00 bits per heavy atom. The van der Waals surface area contributed by atoms with Crippen LogP contribution >= 0.6 is 15.9 Å². The number of hydrogen-bond donors (Lipinski definition) is 2. The van der Waals surface area contributed by atoms with Gasteiger partial charge in [-0.2, -0.15) is 0 Å². The normalized spacial score (nSPS) is 12.0. The highest BCUT2D eigenvalue weighted by atomic mass is 79.9. The van der Waals surface area contributed by atoms with E-state index in [0.717, 1.165) is 0 Å². The maximum absolute atomic E-state index is 13.6. The third-order valence-corrected chi connectivity index (χ3v) is 3.34. The second-order valence-corrected chi connectivity index (χ2v) is 5.28. The Hall–Kier alpha value is -1.89. The molecule has 0 saturated heterocycles. The molecule has 1 atom stereocenters. The molecule has 2 aromatic rings. The van der Waals surface area contributed by atoms with E-state index >= 15 is 0 Å². The van der Waals surface area contributed by atoms with Crippen molar-refractivity contribution in [3.05, 3.63) is 46.7 Å². The zero-order valence-electron chi connectivity index (χ0n) is 11.4. The lowest BCUT2D eigenvalue weighted by molar-refractivity contribution is -0.124. The first-order valence-corrected chi connectivity index (χ1v) is 7.26. The van der Waals surface area contributed by atoms with Crippen LogP contribution in [0, 0.1) is 5.82 Å². The van der Waals surface area contributed by atoms with Crippen molar-refractivity contribution in [3.63, 3.8) is 0 Å². The average Bonchev–Trinajstić information content (AvgIpc) is 2.98. The summed E-state index contributed by atoms with van der Waals surface area (Å²) in [6, 6.07) is 4.18. The van der Waals surface area contributed by atoms with Crippen LogP contribution in [-0.2, 0) is 4.79 Å². The zero-order valence-corrected chi connectivity index (χ0v) is 13.0. The van der Waals surface area contributed by atoms with Gasteiger partial charge in [0.2, 0.25) is 0 Å². The van der Waals surface area contributed by atoms with Crippen molar-refractivity contribution in [2.75, 3.05) is 6.61 Å². The summed E-state index contributed by atoms with van der Waals surface area (Å²) < 4.78 is 19.3. The molecule has 1 aromatic heterocycles. The van der Waals surface area contributed by atoms with E-state index in [1.54, 1.807) is 18.5 Å². The van der Waals surface area contributed by atoms with Crippen LogP contribution in [0.15, 0.2) is 35.1 Å². The number of rotatable bonds is 6. The van der Waals surface area contributed by atoms with E-state index in [0.29, 0.717) is 16.7 Å². The Balaban J connectivity index is 1.89. The molecule has 1 aromatic carbocycles. The van der Waals surface area contributed by atoms with E-state index in [2.05, 4.69) is 31.2 Å². The van der Waals surface area contributed by atoms with E-state index in [1.165, 1.54) is 12.1 Å². The van der Waals surface area contributed by atoms with E-state index < -0.39 is 5.82 Å². The number of ether oxygens (including phenoxy) is 1. The summed E-state index contributed by atoms with van der Waals surface area (Å²) in [5.74, 6) is -0.129. The average molecular weight is 356 g/mol. The van der Waals surface area contributed by atoms with Crippen LogP contribution in [0.1, 0.15) is 25.2 Å². The van der Waals surface area contributed by atoms with Crippen LogP contribution in [0.4, 0.5) is 4.39 Å². The van der Waals surface area contributed by atoms with Gasteiger partial charge >= 0.3 is 0 Å². The number of carbonyl (C=O) groups excluding carboxylic acids is 1. The van der Waals surface area contributed by atoms with Gasteiger partial charge in [0.05, 0.1) is 6.04 Å². The Labute approximate surface area is 130 Å². The molecule has 2 rings (SSSR count). The number of imidazole rings is 1. The Bertz CT molecular complexity index is 604. The second kappa shape index (κ2) is 7.21. The number of nitrogens with one attached hydrogen (secondary N) is 2. The topological polar surface area (TPSA) is 67.0 Å². The van der Waals surface area contributed by atoms with Gasteiger partial charge in [0.1, 0.15) is 5.82 Å². The highest BCUT2D eigenvalue weighted by Gasteiger charge is 2.15. The third kappa shape index (κ3) is 4.29. The molecule has 0 aliphatic carbocycles. The zero-order chi connectivity index (χ0) is 15.2. The van der Waals surface area contributed by atoms with Crippen molar-refractivity contribution >= 4 is 21.8 Å². The Morgan fingerprint density at radius 2 is 2.38 bits per heavy atom.